The topological polar surface area (TPSA) is 102 Å². The summed E-state index contributed by atoms with van der Waals surface area (Å²) in [7, 11) is 0. The van der Waals surface area contributed by atoms with Gasteiger partial charge in [-0.1, -0.05) is 12.1 Å². The fraction of sp³-hybridized carbons (Fsp3) is 0. The van der Waals surface area contributed by atoms with Crippen molar-refractivity contribution in [2.45, 2.75) is 0 Å². The van der Waals surface area contributed by atoms with Crippen LogP contribution in [-0.4, -0.2) is 26.0 Å². The summed E-state index contributed by atoms with van der Waals surface area (Å²) in [5, 5.41) is 9.89. The molecule has 0 bridgehead atoms. The molecule has 4 rings (SSSR count). The SMILES string of the molecule is Nc1ncc(-c2ccnc(C(=O)O)c2)cc1-c1nc2ccccc2s1. The average Bonchev–Trinajstić information content (AvgIpc) is 3.06. The van der Waals surface area contributed by atoms with Crippen LogP contribution in [0.25, 0.3) is 31.9 Å². The van der Waals surface area contributed by atoms with Crippen molar-refractivity contribution in [2.24, 2.45) is 0 Å². The van der Waals surface area contributed by atoms with E-state index in [4.69, 9.17) is 10.8 Å². The second-order valence-corrected chi connectivity index (χ2v) is 6.41. The third kappa shape index (κ3) is 2.81. The van der Waals surface area contributed by atoms with Gasteiger partial charge in [-0.05, 0) is 35.9 Å². The van der Waals surface area contributed by atoms with E-state index in [1.54, 1.807) is 12.3 Å². The highest BCUT2D eigenvalue weighted by molar-refractivity contribution is 7.21. The predicted molar refractivity (Wildman–Crippen MR) is 97.5 cm³/mol. The number of hydrogen-bond donors (Lipinski definition) is 2. The quantitative estimate of drug-likeness (QED) is 0.585. The zero-order chi connectivity index (χ0) is 17.4. The summed E-state index contributed by atoms with van der Waals surface area (Å²) in [5.41, 5.74) is 9.13. The second-order valence-electron chi connectivity index (χ2n) is 5.38. The lowest BCUT2D eigenvalue weighted by atomic mass is 10.1. The van der Waals surface area contributed by atoms with Gasteiger partial charge in [0.1, 0.15) is 16.5 Å². The van der Waals surface area contributed by atoms with Crippen molar-refractivity contribution in [3.63, 3.8) is 0 Å². The predicted octanol–water partition coefficient (Wildman–Crippen LogP) is 3.70. The lowest BCUT2D eigenvalue weighted by Gasteiger charge is -2.06. The van der Waals surface area contributed by atoms with E-state index < -0.39 is 5.97 Å². The van der Waals surface area contributed by atoms with Crippen molar-refractivity contribution in [3.8, 4) is 21.7 Å². The first-order valence-electron chi connectivity index (χ1n) is 7.43. The van der Waals surface area contributed by atoms with Gasteiger partial charge in [-0.25, -0.2) is 19.7 Å². The molecule has 0 fully saturated rings. The van der Waals surface area contributed by atoms with Gasteiger partial charge in [-0.15, -0.1) is 11.3 Å². The van der Waals surface area contributed by atoms with Crippen LogP contribution in [0.15, 0.2) is 54.9 Å². The molecule has 0 aliphatic carbocycles. The average molecular weight is 348 g/mol. The highest BCUT2D eigenvalue weighted by Crippen LogP contribution is 2.34. The van der Waals surface area contributed by atoms with Crippen LogP contribution in [0.1, 0.15) is 10.5 Å². The van der Waals surface area contributed by atoms with E-state index in [2.05, 4.69) is 15.0 Å². The van der Waals surface area contributed by atoms with Gasteiger partial charge in [0.25, 0.3) is 0 Å². The van der Waals surface area contributed by atoms with Crippen LogP contribution in [0, 0.1) is 0 Å². The third-order valence-electron chi connectivity index (χ3n) is 3.76. The number of anilines is 1. The summed E-state index contributed by atoms with van der Waals surface area (Å²) in [6.07, 6.45) is 3.08. The van der Waals surface area contributed by atoms with Crippen LogP contribution in [-0.2, 0) is 0 Å². The maximum atomic E-state index is 11.1. The van der Waals surface area contributed by atoms with Crippen molar-refractivity contribution >= 4 is 33.3 Å². The Balaban J connectivity index is 1.83. The van der Waals surface area contributed by atoms with Crippen LogP contribution in [0.3, 0.4) is 0 Å². The Kier molecular flexibility index (Phi) is 3.62. The molecule has 3 N–H and O–H groups in total. The summed E-state index contributed by atoms with van der Waals surface area (Å²) in [6.45, 7) is 0. The van der Waals surface area contributed by atoms with E-state index in [0.29, 0.717) is 11.4 Å². The Labute approximate surface area is 146 Å². The Morgan fingerprint density at radius 3 is 2.72 bits per heavy atom. The van der Waals surface area contributed by atoms with E-state index >= 15 is 0 Å². The van der Waals surface area contributed by atoms with Crippen LogP contribution in [0.4, 0.5) is 5.82 Å². The summed E-state index contributed by atoms with van der Waals surface area (Å²) < 4.78 is 1.07. The highest BCUT2D eigenvalue weighted by Gasteiger charge is 2.13. The number of nitrogens with two attached hydrogens (primary N) is 1. The number of aromatic carboxylic acids is 1. The van der Waals surface area contributed by atoms with E-state index in [9.17, 15) is 4.79 Å². The van der Waals surface area contributed by atoms with Gasteiger partial charge in [0.05, 0.1) is 15.8 Å². The molecule has 25 heavy (non-hydrogen) atoms. The molecule has 7 heteroatoms. The number of carboxylic acids is 1. The minimum atomic E-state index is -1.07. The fourth-order valence-electron chi connectivity index (χ4n) is 2.52. The maximum absolute atomic E-state index is 11.1. The lowest BCUT2D eigenvalue weighted by Crippen LogP contribution is -2.00. The third-order valence-corrected chi connectivity index (χ3v) is 4.82. The van der Waals surface area contributed by atoms with Gasteiger partial charge < -0.3 is 10.8 Å². The number of nitrogen functional groups attached to an aromatic ring is 1. The van der Waals surface area contributed by atoms with Crippen LogP contribution >= 0.6 is 11.3 Å². The highest BCUT2D eigenvalue weighted by atomic mass is 32.1. The number of carboxylic acid groups (broad SMARTS) is 1. The van der Waals surface area contributed by atoms with Crippen LogP contribution < -0.4 is 5.73 Å². The molecule has 122 valence electrons. The zero-order valence-corrected chi connectivity index (χ0v) is 13.7. The molecule has 0 aliphatic rings. The Hall–Kier alpha value is -3.32. The largest absolute Gasteiger partial charge is 0.477 e. The first-order chi connectivity index (χ1) is 12.1. The number of pyridine rings is 2. The van der Waals surface area contributed by atoms with E-state index in [0.717, 1.165) is 26.4 Å². The van der Waals surface area contributed by atoms with E-state index in [1.165, 1.54) is 23.6 Å². The van der Waals surface area contributed by atoms with Gasteiger partial charge >= 0.3 is 5.97 Å². The molecule has 0 saturated heterocycles. The number of carbonyl (C=O) groups is 1. The first-order valence-corrected chi connectivity index (χ1v) is 8.24. The van der Waals surface area contributed by atoms with Crippen molar-refractivity contribution < 1.29 is 9.90 Å². The maximum Gasteiger partial charge on any atom is 0.354 e. The van der Waals surface area contributed by atoms with Gasteiger partial charge in [-0.3, -0.25) is 0 Å². The number of fused-ring (bicyclic) bond motifs is 1. The Bertz CT molecular complexity index is 1070. The second kappa shape index (κ2) is 5.95. The molecule has 4 aromatic rings. The molecule has 0 radical (unpaired) electrons. The van der Waals surface area contributed by atoms with Gasteiger partial charge in [-0.2, -0.15) is 0 Å². The number of benzene rings is 1. The molecule has 0 atom stereocenters. The van der Waals surface area contributed by atoms with Crippen molar-refractivity contribution in [1.82, 2.24) is 15.0 Å². The van der Waals surface area contributed by atoms with Crippen molar-refractivity contribution in [3.05, 3.63) is 60.6 Å². The molecule has 0 aliphatic heterocycles. The smallest absolute Gasteiger partial charge is 0.354 e. The van der Waals surface area contributed by atoms with Crippen LogP contribution in [0.2, 0.25) is 0 Å². The fourth-order valence-corrected chi connectivity index (χ4v) is 3.51. The molecular weight excluding hydrogens is 336 g/mol. The standard InChI is InChI=1S/C18H12N4O2S/c19-16-12(17-22-13-3-1-2-4-15(13)25-17)7-11(9-21-16)10-5-6-20-14(8-10)18(23)24/h1-9H,(H2,19,21)(H,23,24). The number of nitrogens with zero attached hydrogens (tertiary/aromatic N) is 3. The molecular formula is C18H12N4O2S. The van der Waals surface area contributed by atoms with Gasteiger partial charge in [0.15, 0.2) is 0 Å². The van der Waals surface area contributed by atoms with E-state index in [1.807, 2.05) is 30.3 Å². The number of rotatable bonds is 3. The first kappa shape index (κ1) is 15.2. The minimum absolute atomic E-state index is 0.0177. The number of thiazole rings is 1. The van der Waals surface area contributed by atoms with Gasteiger partial charge in [0, 0.05) is 18.0 Å². The minimum Gasteiger partial charge on any atom is -0.477 e. The monoisotopic (exact) mass is 348 g/mol. The molecule has 0 amide bonds. The lowest BCUT2D eigenvalue weighted by molar-refractivity contribution is 0.0690. The molecule has 0 saturated carbocycles. The number of hydrogen-bond acceptors (Lipinski definition) is 6. The van der Waals surface area contributed by atoms with Gasteiger partial charge in [0.2, 0.25) is 0 Å². The zero-order valence-electron chi connectivity index (χ0n) is 12.9. The summed E-state index contributed by atoms with van der Waals surface area (Å²) in [5.74, 6) is -0.688. The summed E-state index contributed by atoms with van der Waals surface area (Å²) in [4.78, 5) is 23.8. The van der Waals surface area contributed by atoms with Crippen molar-refractivity contribution in [1.29, 1.82) is 0 Å². The summed E-state index contributed by atoms with van der Waals surface area (Å²) >= 11 is 1.54. The normalized spacial score (nSPS) is 10.9. The number of aromatic nitrogens is 3. The molecule has 0 unspecified atom stereocenters. The molecule has 3 heterocycles. The van der Waals surface area contributed by atoms with Crippen molar-refractivity contribution in [2.75, 3.05) is 5.73 Å². The van der Waals surface area contributed by atoms with E-state index in [-0.39, 0.29) is 5.69 Å². The molecule has 6 nitrogen and oxygen atoms in total. The molecule has 0 spiro atoms. The summed E-state index contributed by atoms with van der Waals surface area (Å²) in [6, 6.07) is 13.0. The molecule has 1 aromatic carbocycles. The van der Waals surface area contributed by atoms with Crippen LogP contribution in [0.5, 0.6) is 0 Å². The molecule has 3 aromatic heterocycles. The Morgan fingerprint density at radius 2 is 1.92 bits per heavy atom. The number of para-hydroxylation sites is 1. The Morgan fingerprint density at radius 1 is 1.08 bits per heavy atom.